The van der Waals surface area contributed by atoms with Crippen molar-refractivity contribution in [2.24, 2.45) is 17.8 Å². The van der Waals surface area contributed by atoms with Gasteiger partial charge in [-0.05, 0) is 114 Å². The summed E-state index contributed by atoms with van der Waals surface area (Å²) < 4.78 is 5.88. The van der Waals surface area contributed by atoms with Gasteiger partial charge >= 0.3 is 0 Å². The summed E-state index contributed by atoms with van der Waals surface area (Å²) in [5.74, 6) is 4.15. The largest absolute Gasteiger partial charge is 0.508 e. The molecule has 4 aliphatic rings. The molecule has 7 rings (SSSR count). The minimum absolute atomic E-state index is 0. The van der Waals surface area contributed by atoms with Crippen LogP contribution in [0.2, 0.25) is 0 Å². The van der Waals surface area contributed by atoms with Crippen LogP contribution in [0.25, 0.3) is 21.9 Å². The van der Waals surface area contributed by atoms with Gasteiger partial charge in [0.25, 0.3) is 0 Å². The smallest absolute Gasteiger partial charge is 0.122 e. The molecule has 0 saturated heterocycles. The molecule has 4 fully saturated rings. The molecule has 4 bridgehead atoms. The minimum Gasteiger partial charge on any atom is -0.508 e. The van der Waals surface area contributed by atoms with Crippen molar-refractivity contribution in [2.45, 2.75) is 51.4 Å². The van der Waals surface area contributed by atoms with E-state index in [0.717, 1.165) is 34.3 Å². The lowest BCUT2D eigenvalue weighted by Crippen LogP contribution is -2.48. The maximum absolute atomic E-state index is 9.75. The van der Waals surface area contributed by atoms with E-state index in [1.165, 1.54) is 55.2 Å². The van der Waals surface area contributed by atoms with E-state index in [1.807, 2.05) is 19.2 Å². The molecule has 0 amide bonds. The van der Waals surface area contributed by atoms with E-state index in [1.54, 1.807) is 6.07 Å². The van der Waals surface area contributed by atoms with Crippen molar-refractivity contribution in [3.05, 3.63) is 60.2 Å². The topological polar surface area (TPSA) is 29.5 Å². The summed E-state index contributed by atoms with van der Waals surface area (Å²) in [6.07, 6.45) is 8.40. The molecule has 3 aromatic carbocycles. The molecular weight excluding hydrogens is 368 g/mol. The second kappa shape index (κ2) is 7.04. The number of hydrogen-bond donors (Lipinski definition) is 1. The first-order valence-electron chi connectivity index (χ1n) is 11.0. The van der Waals surface area contributed by atoms with Crippen LogP contribution in [0.4, 0.5) is 0 Å². The first kappa shape index (κ1) is 19.5. The Morgan fingerprint density at radius 2 is 1.33 bits per heavy atom. The van der Waals surface area contributed by atoms with Gasteiger partial charge in [-0.15, -0.1) is 0 Å². The van der Waals surface area contributed by atoms with Crippen molar-refractivity contribution in [3.8, 4) is 22.6 Å². The number of phenols is 1. The molecule has 1 N–H and O–H groups in total. The fraction of sp³-hybridized carbons (Fsp3) is 0.429. The second-order valence-corrected chi connectivity index (χ2v) is 9.86. The van der Waals surface area contributed by atoms with Gasteiger partial charge in [-0.25, -0.2) is 0 Å². The summed E-state index contributed by atoms with van der Waals surface area (Å²) in [6, 6.07) is 18.9. The molecule has 0 aliphatic heterocycles. The summed E-state index contributed by atoms with van der Waals surface area (Å²) in [4.78, 5) is 0. The monoisotopic (exact) mass is 400 g/mol. The third kappa shape index (κ3) is 3.00. The van der Waals surface area contributed by atoms with Crippen LogP contribution in [0.5, 0.6) is 11.5 Å². The number of aromatic hydroxyl groups is 1. The van der Waals surface area contributed by atoms with E-state index in [2.05, 4.69) is 36.4 Å². The number of hydrogen-bond acceptors (Lipinski definition) is 2. The second-order valence-electron chi connectivity index (χ2n) is 9.86. The quantitative estimate of drug-likeness (QED) is 0.499. The highest BCUT2D eigenvalue weighted by molar-refractivity contribution is 5.88. The van der Waals surface area contributed by atoms with E-state index >= 15 is 0 Å². The third-order valence-corrected chi connectivity index (χ3v) is 7.97. The molecular formula is C28H32O2. The Balaban J connectivity index is 0.00000193. The molecule has 2 heteroatoms. The molecule has 156 valence electrons. The van der Waals surface area contributed by atoms with Crippen molar-refractivity contribution < 1.29 is 9.84 Å². The summed E-state index contributed by atoms with van der Waals surface area (Å²) >= 11 is 0. The predicted octanol–water partition coefficient (Wildman–Crippen LogP) is 7.32. The highest BCUT2D eigenvalue weighted by atomic mass is 16.5. The first-order chi connectivity index (χ1) is 14.1. The Kier molecular flexibility index (Phi) is 4.57. The number of methoxy groups -OCH3 is 1. The van der Waals surface area contributed by atoms with E-state index in [0.29, 0.717) is 11.2 Å². The van der Waals surface area contributed by atoms with Crippen LogP contribution in [0.15, 0.2) is 54.6 Å². The van der Waals surface area contributed by atoms with E-state index < -0.39 is 0 Å². The lowest BCUT2D eigenvalue weighted by molar-refractivity contribution is -0.00613. The Morgan fingerprint density at radius 3 is 2.00 bits per heavy atom. The molecule has 0 atom stereocenters. The van der Waals surface area contributed by atoms with E-state index in [-0.39, 0.29) is 7.43 Å². The van der Waals surface area contributed by atoms with E-state index in [4.69, 9.17) is 4.74 Å². The fourth-order valence-corrected chi connectivity index (χ4v) is 7.16. The Morgan fingerprint density at radius 1 is 0.767 bits per heavy atom. The molecule has 4 saturated carbocycles. The normalized spacial score (nSPS) is 29.0. The zero-order valence-electron chi connectivity index (χ0n) is 17.0. The van der Waals surface area contributed by atoms with Crippen LogP contribution < -0.4 is 4.74 Å². The number of ether oxygens (including phenoxy) is 1. The average Bonchev–Trinajstić information content (AvgIpc) is 2.72. The van der Waals surface area contributed by atoms with Crippen molar-refractivity contribution in [3.63, 3.8) is 0 Å². The van der Waals surface area contributed by atoms with Crippen LogP contribution in [0, 0.1) is 17.8 Å². The maximum atomic E-state index is 9.75. The predicted molar refractivity (Wildman–Crippen MR) is 124 cm³/mol. The van der Waals surface area contributed by atoms with Crippen molar-refractivity contribution in [1.29, 1.82) is 0 Å². The highest BCUT2D eigenvalue weighted by Crippen LogP contribution is 2.62. The van der Waals surface area contributed by atoms with Gasteiger partial charge in [0.2, 0.25) is 0 Å². The van der Waals surface area contributed by atoms with Gasteiger partial charge in [0.15, 0.2) is 0 Å². The van der Waals surface area contributed by atoms with Gasteiger partial charge in [-0.1, -0.05) is 31.7 Å². The highest BCUT2D eigenvalue weighted by Gasteiger charge is 2.52. The van der Waals surface area contributed by atoms with Gasteiger partial charge in [-0.3, -0.25) is 0 Å². The van der Waals surface area contributed by atoms with Crippen LogP contribution in [0.3, 0.4) is 0 Å². The zero-order valence-corrected chi connectivity index (χ0v) is 17.0. The van der Waals surface area contributed by atoms with Crippen LogP contribution in [0.1, 0.15) is 51.5 Å². The van der Waals surface area contributed by atoms with Crippen LogP contribution >= 0.6 is 0 Å². The maximum Gasteiger partial charge on any atom is 0.122 e. The first-order valence-corrected chi connectivity index (χ1v) is 11.0. The van der Waals surface area contributed by atoms with Gasteiger partial charge in [-0.2, -0.15) is 0 Å². The van der Waals surface area contributed by atoms with Gasteiger partial charge in [0.1, 0.15) is 11.5 Å². The lowest BCUT2D eigenvalue weighted by Gasteiger charge is -2.57. The van der Waals surface area contributed by atoms with Gasteiger partial charge in [0, 0.05) is 5.56 Å². The average molecular weight is 401 g/mol. The molecule has 4 aliphatic carbocycles. The molecule has 30 heavy (non-hydrogen) atoms. The molecule has 0 spiro atoms. The Labute approximate surface area is 179 Å². The molecule has 0 radical (unpaired) electrons. The molecule has 0 heterocycles. The molecule has 3 aromatic rings. The zero-order chi connectivity index (χ0) is 19.6. The molecule has 0 unspecified atom stereocenters. The van der Waals surface area contributed by atoms with Crippen molar-refractivity contribution >= 4 is 10.8 Å². The summed E-state index contributed by atoms with van der Waals surface area (Å²) in [7, 11) is 1.82. The van der Waals surface area contributed by atoms with Gasteiger partial charge in [0.05, 0.1) is 7.11 Å². The number of rotatable bonds is 3. The lowest BCUT2D eigenvalue weighted by atomic mass is 9.48. The van der Waals surface area contributed by atoms with Crippen molar-refractivity contribution in [2.75, 3.05) is 7.11 Å². The van der Waals surface area contributed by atoms with Gasteiger partial charge < -0.3 is 9.84 Å². The van der Waals surface area contributed by atoms with Crippen molar-refractivity contribution in [1.82, 2.24) is 0 Å². The number of benzene rings is 3. The molecule has 2 nitrogen and oxygen atoms in total. The van der Waals surface area contributed by atoms with E-state index in [9.17, 15) is 5.11 Å². The Bertz CT molecular complexity index is 1060. The third-order valence-electron chi connectivity index (χ3n) is 7.97. The summed E-state index contributed by atoms with van der Waals surface area (Å²) in [5.41, 5.74) is 4.27. The standard InChI is InChI=1S/C27H28O2.CH4/c1-29-26-7-5-23(20-2-3-22-12-24(28)6-4-21(22)11-20)13-25(26)27-14-17-8-18(15-27)10-19(9-17)16-27;/h2-7,11-13,17-19,28H,8-10,14-16H2,1H3;1H4. The summed E-state index contributed by atoms with van der Waals surface area (Å²) in [5, 5.41) is 12.0. The number of phenolic OH excluding ortho intramolecular Hbond substituents is 1. The number of fused-ring (bicyclic) bond motifs is 1. The Hall–Kier alpha value is -2.48. The minimum atomic E-state index is 0. The molecule has 0 aromatic heterocycles. The summed E-state index contributed by atoms with van der Waals surface area (Å²) in [6.45, 7) is 0. The SMILES string of the molecule is C.COc1ccc(-c2ccc3cc(O)ccc3c2)cc1C12CC3CC(CC(C3)C1)C2. The van der Waals surface area contributed by atoms with Crippen LogP contribution in [-0.4, -0.2) is 12.2 Å². The fourth-order valence-electron chi connectivity index (χ4n) is 7.16. The van der Waals surface area contributed by atoms with Crippen LogP contribution in [-0.2, 0) is 5.41 Å².